The van der Waals surface area contributed by atoms with Crippen molar-refractivity contribution in [1.29, 1.82) is 0 Å². The van der Waals surface area contributed by atoms with E-state index in [0.717, 1.165) is 5.56 Å². The van der Waals surface area contributed by atoms with Crippen molar-refractivity contribution in [2.24, 2.45) is 0 Å². The first-order valence-electron chi connectivity index (χ1n) is 3.38. The summed E-state index contributed by atoms with van der Waals surface area (Å²) in [6.07, 6.45) is 0. The maximum atomic E-state index is 8.95. The summed E-state index contributed by atoms with van der Waals surface area (Å²) in [5.74, 6) is 0. The molecule has 1 nitrogen and oxygen atoms in total. The second kappa shape index (κ2) is 2.59. The van der Waals surface area contributed by atoms with Crippen LogP contribution in [0, 0.1) is 6.92 Å². The molecule has 0 aromatic carbocycles. The van der Waals surface area contributed by atoms with Crippen LogP contribution in [0.4, 0.5) is 0 Å². The van der Waals surface area contributed by atoms with Crippen molar-refractivity contribution >= 4 is 32.1 Å². The van der Waals surface area contributed by atoms with Crippen molar-refractivity contribution < 1.29 is 5.11 Å². The Balaban J connectivity index is 2.73. The molecular weight excluding hydrogens is 176 g/mol. The lowest BCUT2D eigenvalue weighted by Crippen LogP contribution is -1.75. The molecule has 0 atom stereocenters. The van der Waals surface area contributed by atoms with Gasteiger partial charge in [-0.25, -0.2) is 0 Å². The zero-order valence-corrected chi connectivity index (χ0v) is 7.76. The Hall–Kier alpha value is -0.380. The Morgan fingerprint density at radius 1 is 1.55 bits per heavy atom. The number of rotatable bonds is 1. The lowest BCUT2D eigenvalue weighted by molar-refractivity contribution is 0.284. The predicted molar refractivity (Wildman–Crippen MR) is 50.4 cm³/mol. The SMILES string of the molecule is Cc1cc2c(CO)csc2s1. The van der Waals surface area contributed by atoms with Gasteiger partial charge in [-0.05, 0) is 23.9 Å². The quantitative estimate of drug-likeness (QED) is 0.722. The van der Waals surface area contributed by atoms with Gasteiger partial charge < -0.3 is 5.11 Å². The highest BCUT2D eigenvalue weighted by Gasteiger charge is 2.04. The van der Waals surface area contributed by atoms with E-state index in [-0.39, 0.29) is 6.61 Å². The molecule has 2 aromatic rings. The molecule has 11 heavy (non-hydrogen) atoms. The number of aliphatic hydroxyl groups is 1. The van der Waals surface area contributed by atoms with Crippen LogP contribution in [0.2, 0.25) is 0 Å². The van der Waals surface area contributed by atoms with Gasteiger partial charge in [-0.15, -0.1) is 22.7 Å². The van der Waals surface area contributed by atoms with Crippen LogP contribution in [0.1, 0.15) is 10.4 Å². The maximum absolute atomic E-state index is 8.95. The van der Waals surface area contributed by atoms with E-state index in [0.29, 0.717) is 0 Å². The van der Waals surface area contributed by atoms with Gasteiger partial charge in [-0.2, -0.15) is 0 Å². The van der Waals surface area contributed by atoms with E-state index in [2.05, 4.69) is 13.0 Å². The largest absolute Gasteiger partial charge is 0.392 e. The third kappa shape index (κ3) is 1.09. The van der Waals surface area contributed by atoms with E-state index in [1.54, 1.807) is 22.7 Å². The molecule has 0 aliphatic rings. The lowest BCUT2D eigenvalue weighted by atomic mass is 10.2. The van der Waals surface area contributed by atoms with Gasteiger partial charge in [0.1, 0.15) is 0 Å². The van der Waals surface area contributed by atoms with Gasteiger partial charge >= 0.3 is 0 Å². The van der Waals surface area contributed by atoms with Gasteiger partial charge in [-0.3, -0.25) is 0 Å². The minimum absolute atomic E-state index is 0.163. The smallest absolute Gasteiger partial charge is 0.0871 e. The molecule has 0 radical (unpaired) electrons. The fraction of sp³-hybridized carbons (Fsp3) is 0.250. The van der Waals surface area contributed by atoms with Crippen molar-refractivity contribution in [2.75, 3.05) is 0 Å². The van der Waals surface area contributed by atoms with E-state index in [9.17, 15) is 0 Å². The molecule has 0 unspecified atom stereocenters. The molecule has 2 heterocycles. The number of hydrogen-bond acceptors (Lipinski definition) is 3. The summed E-state index contributed by atoms with van der Waals surface area (Å²) in [7, 11) is 0. The van der Waals surface area contributed by atoms with Gasteiger partial charge in [-0.1, -0.05) is 0 Å². The van der Waals surface area contributed by atoms with Crippen LogP contribution in [0.3, 0.4) is 0 Å². The van der Waals surface area contributed by atoms with Crippen LogP contribution >= 0.6 is 22.7 Å². The number of aliphatic hydroxyl groups excluding tert-OH is 1. The highest BCUT2D eigenvalue weighted by Crippen LogP contribution is 2.33. The van der Waals surface area contributed by atoms with E-state index >= 15 is 0 Å². The molecule has 2 rings (SSSR count). The van der Waals surface area contributed by atoms with E-state index in [4.69, 9.17) is 5.11 Å². The molecule has 0 saturated heterocycles. The van der Waals surface area contributed by atoms with Gasteiger partial charge in [0.2, 0.25) is 0 Å². The first-order chi connectivity index (χ1) is 5.31. The molecule has 58 valence electrons. The summed E-state index contributed by atoms with van der Waals surface area (Å²) in [6.45, 7) is 2.26. The molecule has 0 aliphatic heterocycles. The Labute approximate surface area is 72.9 Å². The van der Waals surface area contributed by atoms with Crippen LogP contribution in [-0.2, 0) is 6.61 Å². The average Bonchev–Trinajstić information content (AvgIpc) is 2.45. The molecule has 0 bridgehead atoms. The zero-order chi connectivity index (χ0) is 7.84. The van der Waals surface area contributed by atoms with Gasteiger partial charge in [0.25, 0.3) is 0 Å². The molecule has 1 N–H and O–H groups in total. The fourth-order valence-electron chi connectivity index (χ4n) is 1.11. The number of thiophene rings is 2. The summed E-state index contributed by atoms with van der Waals surface area (Å²) < 4.78 is 1.33. The Morgan fingerprint density at radius 2 is 2.36 bits per heavy atom. The molecular formula is C8H8OS2. The second-order valence-corrected chi connectivity index (χ2v) is 4.87. The third-order valence-electron chi connectivity index (χ3n) is 1.65. The van der Waals surface area contributed by atoms with E-state index in [1.807, 2.05) is 5.38 Å². The highest BCUT2D eigenvalue weighted by atomic mass is 32.2. The molecule has 3 heteroatoms. The monoisotopic (exact) mass is 184 g/mol. The minimum Gasteiger partial charge on any atom is -0.392 e. The van der Waals surface area contributed by atoms with Crippen LogP contribution in [0.5, 0.6) is 0 Å². The number of hydrogen-bond donors (Lipinski definition) is 1. The fourth-order valence-corrected chi connectivity index (χ4v) is 3.38. The Kier molecular flexibility index (Phi) is 1.71. The van der Waals surface area contributed by atoms with Crippen molar-refractivity contribution in [2.45, 2.75) is 13.5 Å². The molecule has 0 amide bonds. The Morgan fingerprint density at radius 3 is 3.09 bits per heavy atom. The zero-order valence-electron chi connectivity index (χ0n) is 6.13. The number of fused-ring (bicyclic) bond motifs is 1. The van der Waals surface area contributed by atoms with E-state index < -0.39 is 0 Å². The molecule has 0 spiro atoms. The summed E-state index contributed by atoms with van der Waals surface area (Å²) in [4.78, 5) is 1.32. The average molecular weight is 184 g/mol. The third-order valence-corrected chi connectivity index (χ3v) is 3.87. The predicted octanol–water partition coefficient (Wildman–Crippen LogP) is 2.76. The van der Waals surface area contributed by atoms with Crippen LogP contribution < -0.4 is 0 Å². The van der Waals surface area contributed by atoms with Crippen molar-refractivity contribution in [3.63, 3.8) is 0 Å². The standard InChI is InChI=1S/C8H8OS2/c1-5-2-7-6(3-9)4-10-8(7)11-5/h2,4,9H,3H2,1H3. The summed E-state index contributed by atoms with van der Waals surface area (Å²) in [5, 5.41) is 12.2. The van der Waals surface area contributed by atoms with Crippen LogP contribution in [0.25, 0.3) is 9.40 Å². The Bertz CT molecular complexity index is 372. The topological polar surface area (TPSA) is 20.2 Å². The summed E-state index contributed by atoms with van der Waals surface area (Å²) in [5.41, 5.74) is 1.06. The minimum atomic E-state index is 0.163. The summed E-state index contributed by atoms with van der Waals surface area (Å²) >= 11 is 3.51. The van der Waals surface area contributed by atoms with Crippen molar-refractivity contribution in [1.82, 2.24) is 0 Å². The molecule has 0 aliphatic carbocycles. The second-order valence-electron chi connectivity index (χ2n) is 2.48. The van der Waals surface area contributed by atoms with Crippen molar-refractivity contribution in [3.8, 4) is 0 Å². The highest BCUT2D eigenvalue weighted by molar-refractivity contribution is 7.37. The van der Waals surface area contributed by atoms with E-state index in [1.165, 1.54) is 14.3 Å². The van der Waals surface area contributed by atoms with Crippen molar-refractivity contribution in [3.05, 3.63) is 21.9 Å². The van der Waals surface area contributed by atoms with Crippen LogP contribution in [-0.4, -0.2) is 5.11 Å². The normalized spacial score (nSPS) is 11.1. The molecule has 0 saturated carbocycles. The first kappa shape index (κ1) is 7.28. The first-order valence-corrected chi connectivity index (χ1v) is 5.08. The molecule has 0 fully saturated rings. The maximum Gasteiger partial charge on any atom is 0.0871 e. The summed E-state index contributed by atoms with van der Waals surface area (Å²) in [6, 6.07) is 2.14. The van der Waals surface area contributed by atoms with Gasteiger partial charge in [0.05, 0.1) is 10.6 Å². The van der Waals surface area contributed by atoms with Gasteiger partial charge in [0, 0.05) is 10.3 Å². The van der Waals surface area contributed by atoms with Gasteiger partial charge in [0.15, 0.2) is 0 Å². The van der Waals surface area contributed by atoms with Crippen LogP contribution in [0.15, 0.2) is 11.4 Å². The lowest BCUT2D eigenvalue weighted by Gasteiger charge is -1.85. The molecule has 2 aromatic heterocycles. The number of aryl methyl sites for hydroxylation is 1.